The minimum absolute atomic E-state index is 0.0694. The Kier molecular flexibility index (Phi) is 6.94. The van der Waals surface area contributed by atoms with Gasteiger partial charge in [0.25, 0.3) is 5.91 Å². The number of benzene rings is 2. The highest BCUT2D eigenvalue weighted by Gasteiger charge is 2.38. The van der Waals surface area contributed by atoms with Crippen LogP contribution in [-0.4, -0.2) is 25.8 Å². The van der Waals surface area contributed by atoms with E-state index in [1.165, 1.54) is 29.6 Å². The van der Waals surface area contributed by atoms with E-state index < -0.39 is 41.5 Å². The van der Waals surface area contributed by atoms with Gasteiger partial charge in [-0.05, 0) is 47.2 Å². The SMILES string of the molecule is CCSC1=NC(=O)C(=Cc2ccc3c(c2)c(C#N)nn3Cc2ccc(C(F)(F)F)cc2C(F)(F)F)S1. The van der Waals surface area contributed by atoms with E-state index in [4.69, 9.17) is 0 Å². The number of halogens is 6. The lowest BCUT2D eigenvalue weighted by Gasteiger charge is -2.16. The standard InChI is InChI=1S/C23H14F6N4OS2/c1-2-35-21-31-20(34)19(36-21)8-12-3-6-18-15(7-12)17(10-30)32-33(18)11-13-4-5-14(22(24,25)26)9-16(13)23(27,28)29/h3-9H,2,11H2,1H3. The molecule has 1 aliphatic heterocycles. The quantitative estimate of drug-likeness (QED) is 0.272. The zero-order valence-corrected chi connectivity index (χ0v) is 19.9. The number of carbonyl (C=O) groups is 1. The monoisotopic (exact) mass is 540 g/mol. The largest absolute Gasteiger partial charge is 0.416 e. The van der Waals surface area contributed by atoms with E-state index >= 15 is 0 Å². The van der Waals surface area contributed by atoms with Crippen molar-refractivity contribution >= 4 is 50.8 Å². The van der Waals surface area contributed by atoms with Crippen LogP contribution in [0.2, 0.25) is 0 Å². The summed E-state index contributed by atoms with van der Waals surface area (Å²) in [7, 11) is 0. The summed E-state index contributed by atoms with van der Waals surface area (Å²) in [6, 6.07) is 7.99. The molecule has 0 fully saturated rings. The first kappa shape index (κ1) is 25.8. The third-order valence-electron chi connectivity index (χ3n) is 5.11. The van der Waals surface area contributed by atoms with E-state index in [2.05, 4.69) is 10.1 Å². The Morgan fingerprint density at radius 1 is 1.11 bits per heavy atom. The minimum Gasteiger partial charge on any atom is -0.266 e. The molecule has 0 spiro atoms. The number of fused-ring (bicyclic) bond motifs is 1. The number of carbonyl (C=O) groups excluding carboxylic acids is 1. The molecule has 0 saturated carbocycles. The summed E-state index contributed by atoms with van der Waals surface area (Å²) in [4.78, 5) is 16.5. The van der Waals surface area contributed by atoms with Gasteiger partial charge in [0.2, 0.25) is 0 Å². The highest BCUT2D eigenvalue weighted by Crippen LogP contribution is 2.38. The van der Waals surface area contributed by atoms with E-state index in [9.17, 15) is 36.4 Å². The number of alkyl halides is 6. The summed E-state index contributed by atoms with van der Waals surface area (Å²) in [6.07, 6.45) is -8.37. The third-order valence-corrected chi connectivity index (χ3v) is 7.12. The van der Waals surface area contributed by atoms with Crippen LogP contribution in [0.25, 0.3) is 17.0 Å². The lowest BCUT2D eigenvalue weighted by atomic mass is 10.0. The number of rotatable bonds is 4. The Balaban J connectivity index is 1.72. The average Bonchev–Trinajstić information content (AvgIpc) is 3.32. The van der Waals surface area contributed by atoms with E-state index in [0.717, 1.165) is 16.5 Å². The predicted molar refractivity (Wildman–Crippen MR) is 126 cm³/mol. The number of nitrogens with zero attached hydrogens (tertiary/aromatic N) is 4. The number of aromatic nitrogens is 2. The third kappa shape index (κ3) is 5.29. The fourth-order valence-corrected chi connectivity index (χ4v) is 5.43. The molecule has 0 saturated heterocycles. The van der Waals surface area contributed by atoms with Crippen LogP contribution in [-0.2, 0) is 23.7 Å². The second-order valence-electron chi connectivity index (χ2n) is 7.49. The molecule has 4 rings (SSSR count). The van der Waals surface area contributed by atoms with Crippen LogP contribution in [0.4, 0.5) is 26.3 Å². The number of hydrogen-bond acceptors (Lipinski definition) is 5. The molecule has 0 unspecified atom stereocenters. The van der Waals surface area contributed by atoms with Gasteiger partial charge in [-0.3, -0.25) is 9.48 Å². The molecule has 36 heavy (non-hydrogen) atoms. The Morgan fingerprint density at radius 2 is 1.86 bits per heavy atom. The van der Waals surface area contributed by atoms with Gasteiger partial charge in [0, 0.05) is 5.39 Å². The number of hydrogen-bond donors (Lipinski definition) is 0. The summed E-state index contributed by atoms with van der Waals surface area (Å²) < 4.78 is 81.4. The van der Waals surface area contributed by atoms with Gasteiger partial charge in [-0.25, -0.2) is 0 Å². The van der Waals surface area contributed by atoms with Crippen molar-refractivity contribution in [2.24, 2.45) is 4.99 Å². The van der Waals surface area contributed by atoms with Crippen LogP contribution < -0.4 is 0 Å². The Bertz CT molecular complexity index is 1460. The fraction of sp³-hybridized carbons (Fsp3) is 0.217. The Morgan fingerprint density at radius 3 is 2.50 bits per heavy atom. The van der Waals surface area contributed by atoms with Crippen molar-refractivity contribution < 1.29 is 31.1 Å². The van der Waals surface area contributed by atoms with E-state index in [-0.39, 0.29) is 11.8 Å². The molecule has 1 aliphatic rings. The lowest BCUT2D eigenvalue weighted by molar-refractivity contribution is -0.143. The fourth-order valence-electron chi connectivity index (χ4n) is 3.53. The molecule has 2 heterocycles. The number of thioether (sulfide) groups is 2. The zero-order chi connectivity index (χ0) is 26.3. The molecule has 3 aromatic rings. The summed E-state index contributed by atoms with van der Waals surface area (Å²) in [5.74, 6) is 0.354. The van der Waals surface area contributed by atoms with Gasteiger partial charge in [0.05, 0.1) is 28.1 Å². The van der Waals surface area contributed by atoms with Crippen molar-refractivity contribution in [3.05, 3.63) is 69.3 Å². The van der Waals surface area contributed by atoms with Crippen molar-refractivity contribution in [1.29, 1.82) is 5.26 Å². The van der Waals surface area contributed by atoms with Gasteiger partial charge in [-0.1, -0.05) is 42.6 Å². The van der Waals surface area contributed by atoms with E-state index in [1.807, 2.05) is 13.0 Å². The van der Waals surface area contributed by atoms with Gasteiger partial charge in [0.1, 0.15) is 10.4 Å². The Labute approximate surface area is 208 Å². The van der Waals surface area contributed by atoms with Crippen molar-refractivity contribution in [2.45, 2.75) is 25.8 Å². The topological polar surface area (TPSA) is 71.0 Å². The second kappa shape index (κ2) is 9.67. The molecule has 0 radical (unpaired) electrons. The van der Waals surface area contributed by atoms with Crippen LogP contribution >= 0.6 is 23.5 Å². The molecular formula is C23H14F6N4OS2. The van der Waals surface area contributed by atoms with E-state index in [0.29, 0.717) is 31.8 Å². The number of amides is 1. The Hall–Kier alpha value is -3.24. The molecular weight excluding hydrogens is 526 g/mol. The van der Waals surface area contributed by atoms with Gasteiger partial charge in [-0.2, -0.15) is 41.7 Å². The highest BCUT2D eigenvalue weighted by atomic mass is 32.2. The second-order valence-corrected chi connectivity index (χ2v) is 10.0. The summed E-state index contributed by atoms with van der Waals surface area (Å²) in [6.45, 7) is 1.42. The molecule has 5 nitrogen and oxygen atoms in total. The molecule has 0 aliphatic carbocycles. The average molecular weight is 541 g/mol. The molecule has 0 bridgehead atoms. The maximum Gasteiger partial charge on any atom is 0.416 e. The summed E-state index contributed by atoms with van der Waals surface area (Å²) >= 11 is 2.65. The number of aliphatic imine (C=N–C) groups is 1. The van der Waals surface area contributed by atoms with Crippen LogP contribution in [0.5, 0.6) is 0 Å². The first-order valence-corrected chi connectivity index (χ1v) is 12.0. The van der Waals surface area contributed by atoms with Crippen LogP contribution in [0.1, 0.15) is 34.9 Å². The van der Waals surface area contributed by atoms with Gasteiger partial charge >= 0.3 is 12.4 Å². The van der Waals surface area contributed by atoms with Crippen molar-refractivity contribution in [3.8, 4) is 6.07 Å². The molecule has 186 valence electrons. The first-order valence-electron chi connectivity index (χ1n) is 10.2. The van der Waals surface area contributed by atoms with Gasteiger partial charge < -0.3 is 0 Å². The molecule has 0 N–H and O–H groups in total. The van der Waals surface area contributed by atoms with Gasteiger partial charge in [0.15, 0.2) is 5.69 Å². The first-order chi connectivity index (χ1) is 16.9. The molecule has 1 aromatic heterocycles. The molecule has 1 amide bonds. The molecule has 13 heteroatoms. The van der Waals surface area contributed by atoms with Crippen molar-refractivity contribution in [3.63, 3.8) is 0 Å². The summed E-state index contributed by atoms with van der Waals surface area (Å²) in [5, 5.41) is 13.9. The predicted octanol–water partition coefficient (Wildman–Crippen LogP) is 6.72. The van der Waals surface area contributed by atoms with Crippen LogP contribution in [0.3, 0.4) is 0 Å². The maximum atomic E-state index is 13.6. The minimum atomic E-state index is -5.03. The van der Waals surface area contributed by atoms with Crippen LogP contribution in [0, 0.1) is 11.3 Å². The lowest BCUT2D eigenvalue weighted by Crippen LogP contribution is -2.15. The van der Waals surface area contributed by atoms with Crippen molar-refractivity contribution in [2.75, 3.05) is 5.75 Å². The highest BCUT2D eigenvalue weighted by molar-refractivity contribution is 8.41. The molecule has 0 atom stereocenters. The van der Waals surface area contributed by atoms with Crippen LogP contribution in [0.15, 0.2) is 46.3 Å². The van der Waals surface area contributed by atoms with Crippen molar-refractivity contribution in [1.82, 2.24) is 9.78 Å². The zero-order valence-electron chi connectivity index (χ0n) is 18.2. The van der Waals surface area contributed by atoms with Gasteiger partial charge in [-0.15, -0.1) is 0 Å². The normalized spacial score (nSPS) is 15.6. The number of nitriles is 1. The van der Waals surface area contributed by atoms with E-state index in [1.54, 1.807) is 18.2 Å². The molecule has 2 aromatic carbocycles. The smallest absolute Gasteiger partial charge is 0.266 e. The summed E-state index contributed by atoms with van der Waals surface area (Å²) in [5.41, 5.74) is -2.49. The maximum absolute atomic E-state index is 13.6.